The number of nitriles is 1. The maximum atomic E-state index is 15.4. The SMILES string of the molecule is CC1(C)C(NC(=O)c2ccc(N3CCC(CCN4CCN(c5cc6c(cc5F)C(=O)N(C5CCC(=O)NC5=O)C6=O)CC4)CC3)nn2)C(C)(C)C1Oc1ccc(C#N)c(Cl)c1. The van der Waals surface area contributed by atoms with E-state index in [0.717, 1.165) is 68.8 Å². The van der Waals surface area contributed by atoms with Gasteiger partial charge in [0.05, 0.1) is 27.4 Å². The number of hydrogen-bond acceptors (Lipinski definition) is 12. The Morgan fingerprint density at radius 1 is 0.918 bits per heavy atom. The molecule has 4 aliphatic heterocycles. The topological polar surface area (TPSA) is 181 Å². The Balaban J connectivity index is 0.779. The second kappa shape index (κ2) is 16.3. The van der Waals surface area contributed by atoms with Crippen LogP contribution in [0.1, 0.15) is 96.6 Å². The Labute approximate surface area is 358 Å². The number of hydrogen-bond donors (Lipinski definition) is 2. The first-order valence-corrected chi connectivity index (χ1v) is 21.2. The summed E-state index contributed by atoms with van der Waals surface area (Å²) in [6, 6.07) is 11.9. The highest BCUT2D eigenvalue weighted by Crippen LogP contribution is 2.55. The van der Waals surface area contributed by atoms with Crippen molar-refractivity contribution in [3.8, 4) is 11.8 Å². The Kier molecular flexibility index (Phi) is 11.2. The van der Waals surface area contributed by atoms with E-state index in [1.165, 1.54) is 6.07 Å². The summed E-state index contributed by atoms with van der Waals surface area (Å²) in [6.45, 7) is 13.3. The van der Waals surface area contributed by atoms with E-state index in [2.05, 4.69) is 64.4 Å². The number of nitrogens with zero attached hydrogens (tertiary/aromatic N) is 7. The first-order chi connectivity index (χ1) is 29.1. The molecule has 2 N–H and O–H groups in total. The molecule has 3 saturated heterocycles. The Hall–Kier alpha value is -5.66. The zero-order chi connectivity index (χ0) is 43.4. The summed E-state index contributed by atoms with van der Waals surface area (Å²) in [7, 11) is 0. The molecular formula is C44H49ClFN9O6. The maximum absolute atomic E-state index is 15.4. The van der Waals surface area contributed by atoms with Crippen molar-refractivity contribution < 1.29 is 33.1 Å². The third-order valence-electron chi connectivity index (χ3n) is 13.3. The summed E-state index contributed by atoms with van der Waals surface area (Å²) in [4.78, 5) is 71.2. The molecule has 1 saturated carbocycles. The number of halogens is 2. The van der Waals surface area contributed by atoms with E-state index < -0.39 is 46.3 Å². The van der Waals surface area contributed by atoms with Crippen LogP contribution in [0.4, 0.5) is 15.9 Å². The highest BCUT2D eigenvalue weighted by atomic mass is 35.5. The summed E-state index contributed by atoms with van der Waals surface area (Å²) in [5.41, 5.74) is 0.0587. The minimum atomic E-state index is -1.10. The first-order valence-electron chi connectivity index (χ1n) is 20.8. The Bertz CT molecular complexity index is 2300. The van der Waals surface area contributed by atoms with Crippen LogP contribution in [-0.4, -0.2) is 114 Å². The number of imide groups is 2. The van der Waals surface area contributed by atoms with E-state index in [0.29, 0.717) is 35.3 Å². The van der Waals surface area contributed by atoms with Crippen molar-refractivity contribution in [3.05, 3.63) is 75.7 Å². The molecule has 17 heteroatoms. The van der Waals surface area contributed by atoms with E-state index in [9.17, 15) is 29.2 Å². The zero-order valence-electron chi connectivity index (χ0n) is 34.7. The van der Waals surface area contributed by atoms with Gasteiger partial charge in [0.25, 0.3) is 17.7 Å². The molecule has 1 aromatic heterocycles. The van der Waals surface area contributed by atoms with Gasteiger partial charge in [-0.2, -0.15) is 5.26 Å². The number of piperazine rings is 1. The molecule has 0 spiro atoms. The van der Waals surface area contributed by atoms with Gasteiger partial charge in [-0.1, -0.05) is 39.3 Å². The Morgan fingerprint density at radius 2 is 1.61 bits per heavy atom. The number of anilines is 2. The van der Waals surface area contributed by atoms with Crippen molar-refractivity contribution in [2.24, 2.45) is 16.7 Å². The van der Waals surface area contributed by atoms with E-state index in [1.54, 1.807) is 24.3 Å². The molecule has 5 heterocycles. The third kappa shape index (κ3) is 7.89. The van der Waals surface area contributed by atoms with Gasteiger partial charge in [0, 0.05) is 68.6 Å². The minimum absolute atomic E-state index is 0.0130. The highest BCUT2D eigenvalue weighted by molar-refractivity contribution is 6.31. The van der Waals surface area contributed by atoms with Crippen LogP contribution in [0.25, 0.3) is 0 Å². The van der Waals surface area contributed by atoms with E-state index >= 15 is 4.39 Å². The van der Waals surface area contributed by atoms with Crippen molar-refractivity contribution in [1.82, 2.24) is 30.6 Å². The summed E-state index contributed by atoms with van der Waals surface area (Å²) in [5.74, 6) is -1.59. The lowest BCUT2D eigenvalue weighted by atomic mass is 9.49. The van der Waals surface area contributed by atoms with Crippen LogP contribution in [0, 0.1) is 33.9 Å². The molecule has 8 rings (SSSR count). The van der Waals surface area contributed by atoms with Crippen LogP contribution < -0.4 is 25.2 Å². The summed E-state index contributed by atoms with van der Waals surface area (Å²) in [6.07, 6.45) is 2.85. The van der Waals surface area contributed by atoms with Crippen LogP contribution in [0.2, 0.25) is 5.02 Å². The van der Waals surface area contributed by atoms with E-state index in [4.69, 9.17) is 16.3 Å². The number of carbonyl (C=O) groups excluding carboxylic acids is 5. The number of nitrogens with one attached hydrogen (secondary N) is 2. The average molecular weight is 854 g/mol. The van der Waals surface area contributed by atoms with Crippen molar-refractivity contribution in [3.63, 3.8) is 0 Å². The molecule has 4 fully saturated rings. The molecular weight excluding hydrogens is 805 g/mol. The molecule has 1 aliphatic carbocycles. The van der Waals surface area contributed by atoms with Gasteiger partial charge in [0.1, 0.15) is 29.8 Å². The lowest BCUT2D eigenvalue weighted by Gasteiger charge is -2.63. The number of rotatable bonds is 10. The lowest BCUT2D eigenvalue weighted by molar-refractivity contribution is -0.164. The van der Waals surface area contributed by atoms with Crippen LogP contribution in [0.15, 0.2) is 42.5 Å². The van der Waals surface area contributed by atoms with Gasteiger partial charge in [0.15, 0.2) is 11.5 Å². The summed E-state index contributed by atoms with van der Waals surface area (Å²) < 4.78 is 21.8. The van der Waals surface area contributed by atoms with Gasteiger partial charge < -0.3 is 19.9 Å². The average Bonchev–Trinajstić information content (AvgIpc) is 3.48. The lowest BCUT2D eigenvalue weighted by Crippen LogP contribution is -2.74. The number of carbonyl (C=O) groups is 5. The fraction of sp³-hybridized carbons (Fsp3) is 0.500. The van der Waals surface area contributed by atoms with E-state index in [1.807, 2.05) is 11.0 Å². The van der Waals surface area contributed by atoms with Gasteiger partial charge in [-0.3, -0.25) is 39.1 Å². The maximum Gasteiger partial charge on any atom is 0.272 e. The fourth-order valence-corrected chi connectivity index (χ4v) is 10.4. The highest BCUT2D eigenvalue weighted by Gasteiger charge is 2.64. The van der Waals surface area contributed by atoms with Crippen LogP contribution >= 0.6 is 11.6 Å². The molecule has 2 aromatic carbocycles. The number of ether oxygens (including phenoxy) is 1. The summed E-state index contributed by atoms with van der Waals surface area (Å²) in [5, 5.41) is 23.6. The van der Waals surface area contributed by atoms with Gasteiger partial charge >= 0.3 is 0 Å². The third-order valence-corrected chi connectivity index (χ3v) is 13.6. The molecule has 3 aromatic rings. The van der Waals surface area contributed by atoms with Gasteiger partial charge in [-0.25, -0.2) is 4.39 Å². The number of fused-ring (bicyclic) bond motifs is 1. The minimum Gasteiger partial charge on any atom is -0.489 e. The molecule has 1 unspecified atom stereocenters. The largest absolute Gasteiger partial charge is 0.489 e. The first kappa shape index (κ1) is 42.0. The van der Waals surface area contributed by atoms with Crippen LogP contribution in [0.5, 0.6) is 5.75 Å². The monoisotopic (exact) mass is 853 g/mol. The van der Waals surface area contributed by atoms with Crippen LogP contribution in [-0.2, 0) is 9.59 Å². The van der Waals surface area contributed by atoms with Crippen molar-refractivity contribution >= 4 is 52.6 Å². The quantitative estimate of drug-likeness (QED) is 0.272. The van der Waals surface area contributed by atoms with Crippen molar-refractivity contribution in [2.75, 3.05) is 55.6 Å². The van der Waals surface area contributed by atoms with Crippen LogP contribution in [0.3, 0.4) is 0 Å². The van der Waals surface area contributed by atoms with Gasteiger partial charge in [-0.05, 0) is 74.5 Å². The molecule has 5 aliphatic rings. The smallest absolute Gasteiger partial charge is 0.272 e. The number of aromatic nitrogens is 2. The molecule has 15 nitrogen and oxygen atoms in total. The van der Waals surface area contributed by atoms with Gasteiger partial charge in [0.2, 0.25) is 11.8 Å². The fourth-order valence-electron chi connectivity index (χ4n) is 10.2. The number of amides is 5. The second-order valence-corrected chi connectivity index (χ2v) is 18.3. The zero-order valence-corrected chi connectivity index (χ0v) is 35.4. The summed E-state index contributed by atoms with van der Waals surface area (Å²) >= 11 is 6.24. The molecule has 5 amide bonds. The van der Waals surface area contributed by atoms with Gasteiger partial charge in [-0.15, -0.1) is 10.2 Å². The molecule has 0 radical (unpaired) electrons. The standard InChI is InChI=1S/C44H49ClFN9O6/c1-43(2)41(44(3,4)42(43)61-27-6-5-26(24-47)30(45)21-27)49-37(57)32-7-9-35(51-50-32)54-15-12-25(13-16-54)11-14-52-17-19-53(20-18-52)34-23-29-28(22-31(34)46)39(59)55(40(29)60)33-8-10-36(56)48-38(33)58/h5-7,9,21-23,25,33,41-42H,8,10-20H2,1-4H3,(H,49,57)(H,48,56,58). The van der Waals surface area contributed by atoms with E-state index in [-0.39, 0.29) is 53.4 Å². The predicted octanol–water partition coefficient (Wildman–Crippen LogP) is 4.58. The Morgan fingerprint density at radius 3 is 2.23 bits per heavy atom. The van der Waals surface area contributed by atoms with Crippen molar-refractivity contribution in [2.45, 2.75) is 78.0 Å². The molecule has 61 heavy (non-hydrogen) atoms. The molecule has 1 atom stereocenters. The normalized spacial score (nSPS) is 23.9. The number of benzene rings is 2. The van der Waals surface area contributed by atoms with Crippen molar-refractivity contribution in [1.29, 1.82) is 5.26 Å². The second-order valence-electron chi connectivity index (χ2n) is 17.9. The molecule has 320 valence electrons. The molecule has 0 bridgehead atoms. The number of piperidine rings is 2. The predicted molar refractivity (Wildman–Crippen MR) is 223 cm³/mol.